The lowest BCUT2D eigenvalue weighted by Crippen LogP contribution is -2.22. The maximum absolute atomic E-state index is 6.38. The van der Waals surface area contributed by atoms with Crippen LogP contribution in [0, 0.1) is 0 Å². The highest BCUT2D eigenvalue weighted by molar-refractivity contribution is 6.10. The van der Waals surface area contributed by atoms with Gasteiger partial charge in [-0.2, -0.15) is 0 Å². The Hall–Kier alpha value is -6.90. The van der Waals surface area contributed by atoms with Gasteiger partial charge in [-0.15, -0.1) is 0 Å². The molecule has 1 atom stereocenters. The third kappa shape index (κ3) is 4.89. The van der Waals surface area contributed by atoms with Crippen LogP contribution in [0.4, 0.5) is 17.1 Å². The van der Waals surface area contributed by atoms with Crippen LogP contribution in [0.15, 0.2) is 199 Å². The van der Waals surface area contributed by atoms with Crippen molar-refractivity contribution in [2.75, 3.05) is 4.90 Å². The van der Waals surface area contributed by atoms with Gasteiger partial charge in [-0.25, -0.2) is 0 Å². The van der Waals surface area contributed by atoms with Gasteiger partial charge in [0.05, 0.1) is 11.4 Å². The summed E-state index contributed by atoms with van der Waals surface area (Å²) in [5.74, 6) is 0. The SMILES string of the molecule is CC1(c2ccccc2)c2ccccc2-c2c(N(c3ccc4oc5ccccc5c4c3)c3ccccc3-c3cccc4cccc(C5=CC=CCC5)c34)cccc21. The molecule has 0 saturated heterocycles. The first-order valence-corrected chi connectivity index (χ1v) is 19.7. The number of rotatable bonds is 6. The number of fused-ring (bicyclic) bond motifs is 7. The van der Waals surface area contributed by atoms with Gasteiger partial charge in [0, 0.05) is 33.0 Å². The Labute approximate surface area is 327 Å². The van der Waals surface area contributed by atoms with E-state index in [0.29, 0.717) is 0 Å². The highest BCUT2D eigenvalue weighted by atomic mass is 16.3. The molecule has 56 heavy (non-hydrogen) atoms. The molecule has 0 amide bonds. The third-order valence-electron chi connectivity index (χ3n) is 12.2. The molecule has 1 heterocycles. The highest BCUT2D eigenvalue weighted by Gasteiger charge is 2.42. The van der Waals surface area contributed by atoms with E-state index in [4.69, 9.17) is 4.42 Å². The maximum Gasteiger partial charge on any atom is 0.135 e. The molecule has 11 rings (SSSR count). The molecule has 8 aromatic carbocycles. The Morgan fingerprint density at radius 1 is 0.536 bits per heavy atom. The monoisotopic (exact) mass is 717 g/mol. The van der Waals surface area contributed by atoms with E-state index in [1.807, 2.05) is 6.07 Å². The summed E-state index contributed by atoms with van der Waals surface area (Å²) < 4.78 is 6.38. The zero-order chi connectivity index (χ0) is 37.2. The summed E-state index contributed by atoms with van der Waals surface area (Å²) >= 11 is 0. The van der Waals surface area contributed by atoms with Crippen LogP contribution >= 0.6 is 0 Å². The first kappa shape index (κ1) is 32.5. The first-order chi connectivity index (χ1) is 27.7. The van der Waals surface area contributed by atoms with Crippen molar-refractivity contribution in [2.24, 2.45) is 0 Å². The topological polar surface area (TPSA) is 16.4 Å². The van der Waals surface area contributed by atoms with Crippen molar-refractivity contribution < 1.29 is 4.42 Å². The summed E-state index contributed by atoms with van der Waals surface area (Å²) in [7, 11) is 0. The Kier molecular flexibility index (Phi) is 7.47. The van der Waals surface area contributed by atoms with Crippen LogP contribution in [0.25, 0.3) is 60.5 Å². The fourth-order valence-corrected chi connectivity index (χ4v) is 9.61. The lowest BCUT2D eigenvalue weighted by atomic mass is 9.74. The van der Waals surface area contributed by atoms with Gasteiger partial charge in [0.25, 0.3) is 0 Å². The van der Waals surface area contributed by atoms with E-state index < -0.39 is 0 Å². The summed E-state index contributed by atoms with van der Waals surface area (Å²) in [4.78, 5) is 2.51. The molecule has 0 N–H and O–H groups in total. The van der Waals surface area contributed by atoms with Gasteiger partial charge < -0.3 is 9.32 Å². The zero-order valence-electron chi connectivity index (χ0n) is 31.2. The van der Waals surface area contributed by atoms with Gasteiger partial charge >= 0.3 is 0 Å². The summed E-state index contributed by atoms with van der Waals surface area (Å²) in [5.41, 5.74) is 16.4. The Morgan fingerprint density at radius 2 is 1.21 bits per heavy atom. The minimum atomic E-state index is -0.328. The second kappa shape index (κ2) is 12.9. The third-order valence-corrected chi connectivity index (χ3v) is 12.2. The van der Waals surface area contributed by atoms with Crippen LogP contribution < -0.4 is 4.90 Å². The molecule has 0 aliphatic heterocycles. The van der Waals surface area contributed by atoms with Gasteiger partial charge in [-0.3, -0.25) is 0 Å². The lowest BCUT2D eigenvalue weighted by Gasteiger charge is -2.32. The summed E-state index contributed by atoms with van der Waals surface area (Å²) in [5, 5.41) is 4.76. The summed E-state index contributed by atoms with van der Waals surface area (Å²) in [6, 6.07) is 64.5. The average molecular weight is 718 g/mol. The second-order valence-corrected chi connectivity index (χ2v) is 15.2. The molecular formula is C54H39NO. The molecule has 0 saturated carbocycles. The van der Waals surface area contributed by atoms with Crippen LogP contribution in [0.1, 0.15) is 42.0 Å². The average Bonchev–Trinajstić information content (AvgIpc) is 3.77. The predicted octanol–water partition coefficient (Wildman–Crippen LogP) is 14.9. The Morgan fingerprint density at radius 3 is 2.07 bits per heavy atom. The molecule has 0 spiro atoms. The van der Waals surface area contributed by atoms with E-state index >= 15 is 0 Å². The van der Waals surface area contributed by atoms with E-state index in [1.165, 1.54) is 60.9 Å². The normalized spacial score (nSPS) is 15.9. The molecule has 266 valence electrons. The maximum atomic E-state index is 6.38. The van der Waals surface area contributed by atoms with E-state index in [9.17, 15) is 0 Å². The van der Waals surface area contributed by atoms with Crippen LogP contribution in [0.2, 0.25) is 0 Å². The standard InChI is InChI=1S/C54H39NO/c1-54(38-21-6-3-7-22-38)46-28-11-8-25-44(46)53-47(54)29-16-31-49(53)55(39-33-34-51-45(35-39)42-24-10-13-32-50(42)56-51)48-30-12-9-23-41(48)43-27-15-20-37-19-14-26-40(52(37)43)36-17-4-2-5-18-36/h2-4,6-17,19-35H,5,18H2,1H3. The molecule has 2 aliphatic rings. The van der Waals surface area contributed by atoms with E-state index in [1.54, 1.807) is 0 Å². The minimum Gasteiger partial charge on any atom is -0.456 e. The molecule has 0 radical (unpaired) electrons. The van der Waals surface area contributed by atoms with Crippen molar-refractivity contribution in [3.05, 3.63) is 216 Å². The van der Waals surface area contributed by atoms with E-state index in [2.05, 4.69) is 200 Å². The molecule has 2 heteroatoms. The molecule has 1 aromatic heterocycles. The Bertz CT molecular complexity index is 3050. The lowest BCUT2D eigenvalue weighted by molar-refractivity contribution is 0.669. The van der Waals surface area contributed by atoms with E-state index in [-0.39, 0.29) is 5.41 Å². The number of anilines is 3. The van der Waals surface area contributed by atoms with Crippen molar-refractivity contribution in [1.29, 1.82) is 0 Å². The van der Waals surface area contributed by atoms with Gasteiger partial charge in [-0.05, 0) is 106 Å². The molecule has 2 aliphatic carbocycles. The van der Waals surface area contributed by atoms with Crippen molar-refractivity contribution in [1.82, 2.24) is 0 Å². The summed E-state index contributed by atoms with van der Waals surface area (Å²) in [6.45, 7) is 2.39. The smallest absolute Gasteiger partial charge is 0.135 e. The van der Waals surface area contributed by atoms with Crippen molar-refractivity contribution in [3.63, 3.8) is 0 Å². The van der Waals surface area contributed by atoms with Gasteiger partial charge in [-0.1, -0.05) is 158 Å². The number of hydrogen-bond donors (Lipinski definition) is 0. The molecule has 1 unspecified atom stereocenters. The van der Waals surface area contributed by atoms with Crippen LogP contribution in [0.3, 0.4) is 0 Å². The number of para-hydroxylation sites is 2. The molecule has 9 aromatic rings. The number of furan rings is 1. The molecule has 0 bridgehead atoms. The van der Waals surface area contributed by atoms with Gasteiger partial charge in [0.2, 0.25) is 0 Å². The number of benzene rings is 8. The fraction of sp³-hybridized carbons (Fsp3) is 0.0741. The number of hydrogen-bond acceptors (Lipinski definition) is 2. The zero-order valence-corrected chi connectivity index (χ0v) is 31.2. The van der Waals surface area contributed by atoms with Crippen LogP contribution in [-0.4, -0.2) is 0 Å². The summed E-state index contributed by atoms with van der Waals surface area (Å²) in [6.07, 6.45) is 8.87. The molecule has 0 fully saturated rings. The highest BCUT2D eigenvalue weighted by Crippen LogP contribution is 2.57. The second-order valence-electron chi connectivity index (χ2n) is 15.2. The fourth-order valence-electron chi connectivity index (χ4n) is 9.61. The van der Waals surface area contributed by atoms with Crippen molar-refractivity contribution in [3.8, 4) is 22.3 Å². The first-order valence-electron chi connectivity index (χ1n) is 19.7. The van der Waals surface area contributed by atoms with Gasteiger partial charge in [0.1, 0.15) is 11.2 Å². The number of nitrogens with zero attached hydrogens (tertiary/aromatic N) is 1. The minimum absolute atomic E-state index is 0.328. The predicted molar refractivity (Wildman–Crippen MR) is 235 cm³/mol. The van der Waals surface area contributed by atoms with Crippen molar-refractivity contribution in [2.45, 2.75) is 25.2 Å². The largest absolute Gasteiger partial charge is 0.456 e. The van der Waals surface area contributed by atoms with Crippen LogP contribution in [0.5, 0.6) is 0 Å². The quantitative estimate of drug-likeness (QED) is 0.170. The van der Waals surface area contributed by atoms with Gasteiger partial charge in [0.15, 0.2) is 0 Å². The molecule has 2 nitrogen and oxygen atoms in total. The number of allylic oxidation sites excluding steroid dienone is 4. The van der Waals surface area contributed by atoms with E-state index in [0.717, 1.165) is 51.8 Å². The molecular weight excluding hydrogens is 679 g/mol. The Balaban J connectivity index is 1.22. The van der Waals surface area contributed by atoms with Crippen molar-refractivity contribution >= 4 is 55.3 Å². The van der Waals surface area contributed by atoms with Crippen LogP contribution in [-0.2, 0) is 5.41 Å².